The number of hydrogen-bond acceptors (Lipinski definition) is 4. The van der Waals surface area contributed by atoms with Gasteiger partial charge in [-0.2, -0.15) is 0 Å². The van der Waals surface area contributed by atoms with E-state index in [-0.39, 0.29) is 5.69 Å². The van der Waals surface area contributed by atoms with E-state index in [4.69, 9.17) is 9.84 Å². The van der Waals surface area contributed by atoms with Crippen molar-refractivity contribution in [3.05, 3.63) is 11.9 Å². The van der Waals surface area contributed by atoms with Gasteiger partial charge in [0.05, 0.1) is 25.5 Å². The first-order valence-corrected chi connectivity index (χ1v) is 6.71. The molecule has 1 aromatic rings. The maximum atomic E-state index is 10.6. The van der Waals surface area contributed by atoms with Crippen LogP contribution >= 0.6 is 0 Å². The largest absolute Gasteiger partial charge is 0.476 e. The molecule has 6 heteroatoms. The van der Waals surface area contributed by atoms with Crippen LogP contribution in [-0.4, -0.2) is 38.8 Å². The van der Waals surface area contributed by atoms with Crippen molar-refractivity contribution < 1.29 is 14.6 Å². The van der Waals surface area contributed by atoms with Crippen LogP contribution in [0, 0.1) is 5.41 Å². The molecule has 1 fully saturated rings. The number of carbonyl (C=O) groups is 1. The average Bonchev–Trinajstić information content (AvgIpc) is 2.80. The minimum Gasteiger partial charge on any atom is -0.476 e. The Morgan fingerprint density at radius 1 is 1.53 bits per heavy atom. The lowest BCUT2D eigenvalue weighted by molar-refractivity contribution is -0.0000978. The second-order valence-electron chi connectivity index (χ2n) is 5.91. The molecule has 1 saturated carbocycles. The smallest absolute Gasteiger partial charge is 0.358 e. The van der Waals surface area contributed by atoms with Crippen molar-refractivity contribution in [2.45, 2.75) is 52.2 Å². The number of nitrogens with zero attached hydrogens (tertiary/aromatic N) is 3. The zero-order chi connectivity index (χ0) is 13.9. The molecule has 0 radical (unpaired) electrons. The van der Waals surface area contributed by atoms with Gasteiger partial charge in [-0.1, -0.05) is 19.1 Å². The molecular weight excluding hydrogens is 246 g/mol. The van der Waals surface area contributed by atoms with Gasteiger partial charge in [-0.25, -0.2) is 9.48 Å². The zero-order valence-corrected chi connectivity index (χ0v) is 11.5. The predicted molar refractivity (Wildman–Crippen MR) is 69.0 cm³/mol. The Hall–Kier alpha value is -1.43. The van der Waals surface area contributed by atoms with Crippen molar-refractivity contribution in [3.8, 4) is 0 Å². The second kappa shape index (κ2) is 5.69. The summed E-state index contributed by atoms with van der Waals surface area (Å²) in [6, 6.07) is 0. The summed E-state index contributed by atoms with van der Waals surface area (Å²) in [7, 11) is 0. The molecule has 19 heavy (non-hydrogen) atoms. The maximum absolute atomic E-state index is 10.6. The summed E-state index contributed by atoms with van der Waals surface area (Å²) < 4.78 is 7.32. The molecule has 1 aliphatic rings. The van der Waals surface area contributed by atoms with Gasteiger partial charge in [-0.15, -0.1) is 5.10 Å². The maximum Gasteiger partial charge on any atom is 0.358 e. The molecule has 0 amide bonds. The van der Waals surface area contributed by atoms with Crippen molar-refractivity contribution in [3.63, 3.8) is 0 Å². The Morgan fingerprint density at radius 2 is 2.21 bits per heavy atom. The minimum absolute atomic E-state index is 0.0283. The molecule has 2 rings (SSSR count). The normalized spacial score (nSPS) is 19.5. The fraction of sp³-hybridized carbons (Fsp3) is 0.769. The van der Waals surface area contributed by atoms with Crippen LogP contribution in [0.1, 0.15) is 50.0 Å². The third-order valence-corrected chi connectivity index (χ3v) is 3.72. The highest BCUT2D eigenvalue weighted by Crippen LogP contribution is 2.36. The summed E-state index contributed by atoms with van der Waals surface area (Å²) >= 11 is 0. The molecule has 1 aromatic heterocycles. The zero-order valence-electron chi connectivity index (χ0n) is 11.5. The van der Waals surface area contributed by atoms with Crippen molar-refractivity contribution >= 4 is 5.97 Å². The highest BCUT2D eigenvalue weighted by Gasteiger charge is 2.26. The lowest BCUT2D eigenvalue weighted by Crippen LogP contribution is -2.27. The van der Waals surface area contributed by atoms with Gasteiger partial charge in [-0.05, 0) is 31.1 Å². The summed E-state index contributed by atoms with van der Waals surface area (Å²) in [5, 5.41) is 16.0. The first kappa shape index (κ1) is 14.0. The molecule has 0 aliphatic heterocycles. The van der Waals surface area contributed by atoms with Gasteiger partial charge in [0.1, 0.15) is 0 Å². The van der Waals surface area contributed by atoms with Gasteiger partial charge in [0.15, 0.2) is 5.69 Å². The van der Waals surface area contributed by atoms with Gasteiger partial charge in [0.2, 0.25) is 0 Å². The SMILES string of the molecule is CC1(C)CCC(OCCn2cc(C(=O)O)nn2)CC1. The number of carboxylic acid groups (broad SMARTS) is 1. The van der Waals surface area contributed by atoms with Crippen LogP contribution in [0.25, 0.3) is 0 Å². The minimum atomic E-state index is -1.05. The molecule has 1 N–H and O–H groups in total. The van der Waals surface area contributed by atoms with E-state index in [1.165, 1.54) is 23.7 Å². The van der Waals surface area contributed by atoms with Crippen LogP contribution in [0.15, 0.2) is 6.20 Å². The predicted octanol–water partition coefficient (Wildman–Crippen LogP) is 1.96. The number of aromatic carboxylic acids is 1. The number of hydrogen-bond donors (Lipinski definition) is 1. The number of aromatic nitrogens is 3. The highest BCUT2D eigenvalue weighted by molar-refractivity contribution is 5.84. The Kier molecular flexibility index (Phi) is 4.19. The van der Waals surface area contributed by atoms with E-state index in [2.05, 4.69) is 24.2 Å². The number of carboxylic acids is 1. The number of ether oxygens (including phenoxy) is 1. The van der Waals surface area contributed by atoms with E-state index in [1.807, 2.05) is 0 Å². The summed E-state index contributed by atoms with van der Waals surface area (Å²) in [5.74, 6) is -1.05. The van der Waals surface area contributed by atoms with E-state index < -0.39 is 5.97 Å². The Labute approximate surface area is 112 Å². The molecule has 106 valence electrons. The standard InChI is InChI=1S/C13H21N3O3/c1-13(2)5-3-10(4-6-13)19-8-7-16-9-11(12(17)18)14-15-16/h9-10H,3-8H2,1-2H3,(H,17,18). The molecule has 0 spiro atoms. The van der Waals surface area contributed by atoms with E-state index in [0.29, 0.717) is 24.7 Å². The topological polar surface area (TPSA) is 77.2 Å². The summed E-state index contributed by atoms with van der Waals surface area (Å²) in [6.45, 7) is 5.69. The van der Waals surface area contributed by atoms with Crippen molar-refractivity contribution in [2.24, 2.45) is 5.41 Å². The fourth-order valence-electron chi connectivity index (χ4n) is 2.36. The van der Waals surface area contributed by atoms with Crippen molar-refractivity contribution in [1.82, 2.24) is 15.0 Å². The number of rotatable bonds is 5. The Bertz CT molecular complexity index is 432. The summed E-state index contributed by atoms with van der Waals surface area (Å²) in [4.78, 5) is 10.6. The van der Waals surface area contributed by atoms with Gasteiger partial charge in [0.25, 0.3) is 0 Å². The quantitative estimate of drug-likeness (QED) is 0.882. The van der Waals surface area contributed by atoms with E-state index in [1.54, 1.807) is 0 Å². The lowest BCUT2D eigenvalue weighted by atomic mass is 9.76. The average molecular weight is 267 g/mol. The van der Waals surface area contributed by atoms with Crippen molar-refractivity contribution in [1.29, 1.82) is 0 Å². The molecule has 1 aliphatic carbocycles. The second-order valence-corrected chi connectivity index (χ2v) is 5.91. The van der Waals surface area contributed by atoms with Crippen LogP contribution in [0.3, 0.4) is 0 Å². The van der Waals surface area contributed by atoms with Crippen LogP contribution in [0.2, 0.25) is 0 Å². The van der Waals surface area contributed by atoms with Crippen LogP contribution < -0.4 is 0 Å². The van der Waals surface area contributed by atoms with Gasteiger partial charge >= 0.3 is 5.97 Å². The summed E-state index contributed by atoms with van der Waals surface area (Å²) in [5.41, 5.74) is 0.418. The van der Waals surface area contributed by atoms with Gasteiger partial charge < -0.3 is 9.84 Å². The Balaban J connectivity index is 1.70. The van der Waals surface area contributed by atoms with E-state index >= 15 is 0 Å². The van der Waals surface area contributed by atoms with Crippen LogP contribution in [0.5, 0.6) is 0 Å². The molecule has 1 heterocycles. The van der Waals surface area contributed by atoms with Crippen LogP contribution in [-0.2, 0) is 11.3 Å². The molecule has 0 unspecified atom stereocenters. The monoisotopic (exact) mass is 267 g/mol. The Morgan fingerprint density at radius 3 is 2.79 bits per heavy atom. The lowest BCUT2D eigenvalue weighted by Gasteiger charge is -2.34. The first-order valence-electron chi connectivity index (χ1n) is 6.71. The molecule has 0 atom stereocenters. The third-order valence-electron chi connectivity index (χ3n) is 3.72. The third kappa shape index (κ3) is 4.02. The fourth-order valence-corrected chi connectivity index (χ4v) is 2.36. The van der Waals surface area contributed by atoms with Crippen LogP contribution in [0.4, 0.5) is 0 Å². The molecule has 0 aromatic carbocycles. The van der Waals surface area contributed by atoms with Gasteiger partial charge in [0, 0.05) is 0 Å². The molecule has 0 saturated heterocycles. The molecular formula is C13H21N3O3. The van der Waals surface area contributed by atoms with E-state index in [0.717, 1.165) is 12.8 Å². The molecule has 0 bridgehead atoms. The van der Waals surface area contributed by atoms with Gasteiger partial charge in [-0.3, -0.25) is 0 Å². The summed E-state index contributed by atoms with van der Waals surface area (Å²) in [6.07, 6.45) is 6.36. The highest BCUT2D eigenvalue weighted by atomic mass is 16.5. The first-order chi connectivity index (χ1) is 8.96. The van der Waals surface area contributed by atoms with E-state index in [9.17, 15) is 4.79 Å². The molecule has 6 nitrogen and oxygen atoms in total. The van der Waals surface area contributed by atoms with Crippen molar-refractivity contribution in [2.75, 3.05) is 6.61 Å².